The Hall–Kier alpha value is -3.84. The summed E-state index contributed by atoms with van der Waals surface area (Å²) in [5.74, 6) is -0.874. The summed E-state index contributed by atoms with van der Waals surface area (Å²) in [5.41, 5.74) is 1.56. The molecule has 0 spiro atoms. The predicted molar refractivity (Wildman–Crippen MR) is 130 cm³/mol. The van der Waals surface area contributed by atoms with E-state index in [2.05, 4.69) is 10.6 Å². The summed E-state index contributed by atoms with van der Waals surface area (Å²) in [6.45, 7) is 1.48. The summed E-state index contributed by atoms with van der Waals surface area (Å²) < 4.78 is 10.4. The number of ether oxygens (including phenoxy) is 2. The molecule has 3 rings (SSSR count). The standard InChI is InChI=1S/C26H25ClN2O5/c1-17(25(31)28-19-12-14-20(33-2)15-13-19)34-24(30)16-23(18-8-4-3-5-9-18)29-26(32)21-10-6-7-11-22(21)27/h3-15,17,23H,16H2,1-2H3,(H,28,31)(H,29,32)/t17-,23+/m0/s1. The van der Waals surface area contributed by atoms with Crippen LogP contribution in [0.15, 0.2) is 78.9 Å². The molecule has 2 N–H and O–H groups in total. The summed E-state index contributed by atoms with van der Waals surface area (Å²) in [7, 11) is 1.55. The molecule has 8 heteroatoms. The molecule has 34 heavy (non-hydrogen) atoms. The zero-order valence-electron chi connectivity index (χ0n) is 18.8. The number of hydrogen-bond donors (Lipinski definition) is 2. The fourth-order valence-electron chi connectivity index (χ4n) is 3.20. The van der Waals surface area contributed by atoms with Crippen LogP contribution in [0.3, 0.4) is 0 Å². The van der Waals surface area contributed by atoms with E-state index in [1.165, 1.54) is 6.92 Å². The second-order valence-electron chi connectivity index (χ2n) is 7.47. The summed E-state index contributed by atoms with van der Waals surface area (Å²) in [6.07, 6.45) is -1.20. The molecule has 2 amide bonds. The van der Waals surface area contributed by atoms with Gasteiger partial charge in [-0.05, 0) is 48.9 Å². The number of rotatable bonds is 9. The van der Waals surface area contributed by atoms with Crippen LogP contribution in [-0.2, 0) is 14.3 Å². The Bertz CT molecular complexity index is 1140. The van der Waals surface area contributed by atoms with E-state index in [4.69, 9.17) is 21.1 Å². The Morgan fingerprint density at radius 2 is 1.56 bits per heavy atom. The molecule has 0 saturated carbocycles. The highest BCUT2D eigenvalue weighted by Gasteiger charge is 2.24. The third kappa shape index (κ3) is 6.83. The van der Waals surface area contributed by atoms with Crippen molar-refractivity contribution in [2.24, 2.45) is 0 Å². The molecule has 7 nitrogen and oxygen atoms in total. The Morgan fingerprint density at radius 1 is 0.912 bits per heavy atom. The molecule has 3 aromatic rings. The topological polar surface area (TPSA) is 93.7 Å². The first-order valence-corrected chi connectivity index (χ1v) is 11.0. The van der Waals surface area contributed by atoms with Gasteiger partial charge in [0.15, 0.2) is 6.10 Å². The van der Waals surface area contributed by atoms with Crippen molar-refractivity contribution >= 4 is 35.1 Å². The minimum Gasteiger partial charge on any atom is -0.497 e. The van der Waals surface area contributed by atoms with Gasteiger partial charge in [-0.15, -0.1) is 0 Å². The third-order valence-electron chi connectivity index (χ3n) is 5.03. The second-order valence-corrected chi connectivity index (χ2v) is 7.88. The SMILES string of the molecule is COc1ccc(NC(=O)[C@H](C)OC(=O)C[C@@H](NC(=O)c2ccccc2Cl)c2ccccc2)cc1. The lowest BCUT2D eigenvalue weighted by Gasteiger charge is -2.20. The third-order valence-corrected chi connectivity index (χ3v) is 5.36. The number of nitrogens with one attached hydrogen (secondary N) is 2. The second kappa shape index (κ2) is 11.9. The van der Waals surface area contributed by atoms with Gasteiger partial charge >= 0.3 is 5.97 Å². The van der Waals surface area contributed by atoms with E-state index in [1.807, 2.05) is 6.07 Å². The highest BCUT2D eigenvalue weighted by atomic mass is 35.5. The quantitative estimate of drug-likeness (QED) is 0.430. The van der Waals surface area contributed by atoms with Crippen molar-refractivity contribution < 1.29 is 23.9 Å². The molecule has 0 fully saturated rings. The number of carbonyl (C=O) groups is 3. The molecule has 0 saturated heterocycles. The lowest BCUT2D eigenvalue weighted by molar-refractivity contribution is -0.153. The molecular weight excluding hydrogens is 456 g/mol. The van der Waals surface area contributed by atoms with Crippen molar-refractivity contribution in [1.29, 1.82) is 0 Å². The van der Waals surface area contributed by atoms with Gasteiger partial charge < -0.3 is 20.1 Å². The van der Waals surface area contributed by atoms with Crippen LogP contribution in [0.1, 0.15) is 35.3 Å². The molecule has 2 atom stereocenters. The Morgan fingerprint density at radius 3 is 2.21 bits per heavy atom. The highest BCUT2D eigenvalue weighted by Crippen LogP contribution is 2.21. The van der Waals surface area contributed by atoms with Crippen LogP contribution < -0.4 is 15.4 Å². The molecule has 176 valence electrons. The minimum absolute atomic E-state index is 0.166. The number of anilines is 1. The maximum Gasteiger partial charge on any atom is 0.309 e. The van der Waals surface area contributed by atoms with E-state index in [0.29, 0.717) is 22.0 Å². The van der Waals surface area contributed by atoms with Crippen LogP contribution in [0.25, 0.3) is 0 Å². The van der Waals surface area contributed by atoms with Gasteiger partial charge in [0.05, 0.1) is 30.2 Å². The zero-order chi connectivity index (χ0) is 24.5. The number of hydrogen-bond acceptors (Lipinski definition) is 5. The number of carbonyl (C=O) groups excluding carboxylic acids is 3. The minimum atomic E-state index is -1.04. The lowest BCUT2D eigenvalue weighted by atomic mass is 10.0. The first-order valence-electron chi connectivity index (χ1n) is 10.6. The van der Waals surface area contributed by atoms with Gasteiger partial charge in [0.25, 0.3) is 11.8 Å². The van der Waals surface area contributed by atoms with E-state index >= 15 is 0 Å². The van der Waals surface area contributed by atoms with Gasteiger partial charge in [0.2, 0.25) is 0 Å². The van der Waals surface area contributed by atoms with Gasteiger partial charge in [-0.3, -0.25) is 14.4 Å². The van der Waals surface area contributed by atoms with Crippen molar-refractivity contribution in [1.82, 2.24) is 5.32 Å². The van der Waals surface area contributed by atoms with Crippen LogP contribution >= 0.6 is 11.6 Å². The molecule has 0 aromatic heterocycles. The van der Waals surface area contributed by atoms with Gasteiger partial charge in [0, 0.05) is 5.69 Å². The van der Waals surface area contributed by atoms with Crippen LogP contribution in [0.4, 0.5) is 5.69 Å². The number of halogens is 1. The van der Waals surface area contributed by atoms with Gasteiger partial charge in [0.1, 0.15) is 5.75 Å². The first-order chi connectivity index (χ1) is 16.4. The van der Waals surface area contributed by atoms with E-state index in [0.717, 1.165) is 5.56 Å². The maximum atomic E-state index is 12.8. The molecule has 0 bridgehead atoms. The Kier molecular flexibility index (Phi) is 8.65. The maximum absolute atomic E-state index is 12.8. The van der Waals surface area contributed by atoms with E-state index in [-0.39, 0.29) is 6.42 Å². The first kappa shape index (κ1) is 24.8. The van der Waals surface area contributed by atoms with Gasteiger partial charge in [-0.1, -0.05) is 54.1 Å². The van der Waals surface area contributed by atoms with Crippen molar-refractivity contribution in [3.05, 3.63) is 95.0 Å². The van der Waals surface area contributed by atoms with Crippen LogP contribution in [0.5, 0.6) is 5.75 Å². The normalized spacial score (nSPS) is 12.2. The number of esters is 1. The summed E-state index contributed by atoms with van der Waals surface area (Å²) in [5, 5.41) is 5.83. The van der Waals surface area contributed by atoms with E-state index in [9.17, 15) is 14.4 Å². The summed E-state index contributed by atoms with van der Waals surface area (Å²) in [4.78, 5) is 37.9. The summed E-state index contributed by atoms with van der Waals surface area (Å²) in [6, 6.07) is 21.8. The Labute approximate surface area is 203 Å². The monoisotopic (exact) mass is 480 g/mol. The van der Waals surface area contributed by atoms with Gasteiger partial charge in [-0.2, -0.15) is 0 Å². The molecule has 0 aliphatic heterocycles. The largest absolute Gasteiger partial charge is 0.497 e. The predicted octanol–water partition coefficient (Wildman–Crippen LogP) is 4.78. The lowest BCUT2D eigenvalue weighted by Crippen LogP contribution is -2.34. The number of amides is 2. The van der Waals surface area contributed by atoms with E-state index < -0.39 is 29.9 Å². The molecular formula is C26H25ClN2O5. The zero-order valence-corrected chi connectivity index (χ0v) is 19.5. The van der Waals surface area contributed by atoms with Crippen molar-refractivity contribution in [3.8, 4) is 5.75 Å². The van der Waals surface area contributed by atoms with Crippen LogP contribution in [-0.4, -0.2) is 31.0 Å². The number of benzene rings is 3. The molecule has 3 aromatic carbocycles. The van der Waals surface area contributed by atoms with Gasteiger partial charge in [-0.25, -0.2) is 0 Å². The molecule has 0 unspecified atom stereocenters. The number of methoxy groups -OCH3 is 1. The average molecular weight is 481 g/mol. The molecule has 0 heterocycles. The highest BCUT2D eigenvalue weighted by molar-refractivity contribution is 6.33. The van der Waals surface area contributed by atoms with Crippen LogP contribution in [0, 0.1) is 0 Å². The summed E-state index contributed by atoms with van der Waals surface area (Å²) >= 11 is 6.14. The fraction of sp³-hybridized carbons (Fsp3) is 0.192. The van der Waals surface area contributed by atoms with Crippen molar-refractivity contribution in [3.63, 3.8) is 0 Å². The molecule has 0 radical (unpaired) electrons. The average Bonchev–Trinajstić information content (AvgIpc) is 2.84. The van der Waals surface area contributed by atoms with Crippen LogP contribution in [0.2, 0.25) is 5.02 Å². The van der Waals surface area contributed by atoms with Crippen molar-refractivity contribution in [2.75, 3.05) is 12.4 Å². The van der Waals surface area contributed by atoms with Crippen molar-refractivity contribution in [2.45, 2.75) is 25.5 Å². The molecule has 0 aliphatic carbocycles. The smallest absolute Gasteiger partial charge is 0.309 e. The van der Waals surface area contributed by atoms with E-state index in [1.54, 1.807) is 79.9 Å². The molecule has 0 aliphatic rings. The fourth-order valence-corrected chi connectivity index (χ4v) is 3.42. The Balaban J connectivity index is 1.64.